The molecule has 1 aromatic carbocycles. The molecule has 30 heavy (non-hydrogen) atoms. The molecule has 154 valence electrons. The maximum absolute atomic E-state index is 12.2. The number of pyridine rings is 1. The van der Waals surface area contributed by atoms with Gasteiger partial charge < -0.3 is 27.3 Å². The number of nitrogens with two attached hydrogens (primary N) is 3. The van der Waals surface area contributed by atoms with Crippen molar-refractivity contribution in [3.05, 3.63) is 28.6 Å². The highest BCUT2D eigenvalue weighted by molar-refractivity contribution is 7.21. The topological polar surface area (TPSA) is 170 Å². The first kappa shape index (κ1) is 20.9. The van der Waals surface area contributed by atoms with E-state index in [2.05, 4.69) is 16.4 Å². The molecule has 0 aliphatic rings. The van der Waals surface area contributed by atoms with E-state index < -0.39 is 5.91 Å². The number of ether oxygens (including phenoxy) is 1. The number of nitrogens with zero attached hydrogens (tertiary/aromatic N) is 2. The molecular formula is C20H20N6O3S. The zero-order valence-corrected chi connectivity index (χ0v) is 17.4. The SMILES string of the molecule is COc1ccc(-c2c(C#N)c(N)nc3sc(C(N)=O)c(N)c23)cc1NC(=O)C(C)C. The quantitative estimate of drug-likeness (QED) is 0.487. The number of nitrogen functional groups attached to an aromatic ring is 2. The fourth-order valence-electron chi connectivity index (χ4n) is 2.99. The summed E-state index contributed by atoms with van der Waals surface area (Å²) in [4.78, 5) is 28.7. The average molecular weight is 424 g/mol. The summed E-state index contributed by atoms with van der Waals surface area (Å²) >= 11 is 1.01. The van der Waals surface area contributed by atoms with Gasteiger partial charge in [-0.05, 0) is 17.7 Å². The van der Waals surface area contributed by atoms with Crippen molar-refractivity contribution in [3.8, 4) is 22.9 Å². The molecule has 0 fully saturated rings. The van der Waals surface area contributed by atoms with Gasteiger partial charge >= 0.3 is 0 Å². The molecule has 2 aromatic heterocycles. The normalized spacial score (nSPS) is 10.8. The Morgan fingerprint density at radius 2 is 2.00 bits per heavy atom. The van der Waals surface area contributed by atoms with Gasteiger partial charge in [-0.2, -0.15) is 5.26 Å². The Morgan fingerprint density at radius 3 is 2.57 bits per heavy atom. The van der Waals surface area contributed by atoms with Crippen LogP contribution in [0.1, 0.15) is 29.1 Å². The molecule has 3 aromatic rings. The van der Waals surface area contributed by atoms with Crippen LogP contribution >= 0.6 is 11.3 Å². The highest BCUT2D eigenvalue weighted by atomic mass is 32.1. The molecule has 2 amide bonds. The third kappa shape index (κ3) is 3.46. The van der Waals surface area contributed by atoms with Crippen LogP contribution in [0.5, 0.6) is 5.75 Å². The first-order chi connectivity index (χ1) is 14.2. The Bertz CT molecular complexity index is 1230. The van der Waals surface area contributed by atoms with Gasteiger partial charge in [0.25, 0.3) is 5.91 Å². The van der Waals surface area contributed by atoms with Gasteiger partial charge in [-0.25, -0.2) is 4.98 Å². The summed E-state index contributed by atoms with van der Waals surface area (Å²) in [6, 6.07) is 7.08. The van der Waals surface area contributed by atoms with Crippen LogP contribution in [0.2, 0.25) is 0 Å². The number of carbonyl (C=O) groups is 2. The van der Waals surface area contributed by atoms with E-state index in [0.29, 0.717) is 32.8 Å². The maximum atomic E-state index is 12.2. The predicted octanol–water partition coefficient (Wildman–Crippen LogP) is 2.70. The summed E-state index contributed by atoms with van der Waals surface area (Å²) in [5.74, 6) is -0.696. The van der Waals surface area contributed by atoms with Crippen LogP contribution < -0.4 is 27.3 Å². The number of thiophene rings is 1. The molecule has 0 unspecified atom stereocenters. The number of anilines is 3. The summed E-state index contributed by atoms with van der Waals surface area (Å²) in [6.45, 7) is 3.54. The van der Waals surface area contributed by atoms with Crippen LogP contribution in [0.3, 0.4) is 0 Å². The first-order valence-electron chi connectivity index (χ1n) is 8.90. The number of hydrogen-bond donors (Lipinski definition) is 4. The highest BCUT2D eigenvalue weighted by Crippen LogP contribution is 2.43. The lowest BCUT2D eigenvalue weighted by Crippen LogP contribution is -2.18. The lowest BCUT2D eigenvalue weighted by Gasteiger charge is -2.15. The van der Waals surface area contributed by atoms with E-state index in [1.54, 1.807) is 32.0 Å². The van der Waals surface area contributed by atoms with E-state index in [1.165, 1.54) is 7.11 Å². The predicted molar refractivity (Wildman–Crippen MR) is 117 cm³/mol. The van der Waals surface area contributed by atoms with Crippen molar-refractivity contribution < 1.29 is 14.3 Å². The van der Waals surface area contributed by atoms with Crippen molar-refractivity contribution in [2.45, 2.75) is 13.8 Å². The third-order valence-electron chi connectivity index (χ3n) is 4.51. The van der Waals surface area contributed by atoms with E-state index in [0.717, 1.165) is 11.3 Å². The molecule has 0 spiro atoms. The molecule has 0 radical (unpaired) electrons. The van der Waals surface area contributed by atoms with Gasteiger partial charge in [0.05, 0.1) is 18.5 Å². The number of nitriles is 1. The van der Waals surface area contributed by atoms with E-state index in [9.17, 15) is 14.9 Å². The molecule has 0 atom stereocenters. The molecule has 7 N–H and O–H groups in total. The first-order valence-corrected chi connectivity index (χ1v) is 9.71. The number of fused-ring (bicyclic) bond motifs is 1. The zero-order valence-electron chi connectivity index (χ0n) is 16.6. The molecule has 9 nitrogen and oxygen atoms in total. The van der Waals surface area contributed by atoms with E-state index >= 15 is 0 Å². The number of aromatic nitrogens is 1. The molecule has 10 heteroatoms. The van der Waals surface area contributed by atoms with Crippen molar-refractivity contribution in [1.29, 1.82) is 5.26 Å². The largest absolute Gasteiger partial charge is 0.495 e. The molecule has 0 aliphatic carbocycles. The fourth-order valence-corrected chi connectivity index (χ4v) is 3.96. The lowest BCUT2D eigenvalue weighted by atomic mass is 9.96. The van der Waals surface area contributed by atoms with Gasteiger partial charge in [0, 0.05) is 16.9 Å². The molecule has 0 bridgehead atoms. The van der Waals surface area contributed by atoms with Crippen molar-refractivity contribution in [1.82, 2.24) is 4.98 Å². The second-order valence-electron chi connectivity index (χ2n) is 6.81. The third-order valence-corrected chi connectivity index (χ3v) is 5.62. The van der Waals surface area contributed by atoms with Crippen molar-refractivity contribution in [2.24, 2.45) is 11.7 Å². The van der Waals surface area contributed by atoms with Crippen LogP contribution in [-0.4, -0.2) is 23.9 Å². The second kappa shape index (κ2) is 7.88. The van der Waals surface area contributed by atoms with Gasteiger partial charge in [-0.1, -0.05) is 19.9 Å². The summed E-state index contributed by atoms with van der Waals surface area (Å²) < 4.78 is 5.34. The van der Waals surface area contributed by atoms with Crippen molar-refractivity contribution in [2.75, 3.05) is 23.9 Å². The van der Waals surface area contributed by atoms with Crippen LogP contribution in [-0.2, 0) is 4.79 Å². The van der Waals surface area contributed by atoms with Gasteiger partial charge in [-0.3, -0.25) is 9.59 Å². The van der Waals surface area contributed by atoms with Crippen LogP contribution in [0.15, 0.2) is 18.2 Å². The summed E-state index contributed by atoms with van der Waals surface area (Å²) in [5.41, 5.74) is 19.2. The van der Waals surface area contributed by atoms with Crippen LogP contribution in [0.4, 0.5) is 17.2 Å². The van der Waals surface area contributed by atoms with Crippen LogP contribution in [0, 0.1) is 17.2 Å². The summed E-state index contributed by atoms with van der Waals surface area (Å²) in [5, 5.41) is 12.9. The number of carbonyl (C=O) groups excluding carboxylic acids is 2. The van der Waals surface area contributed by atoms with Gasteiger partial charge in [0.15, 0.2) is 0 Å². The van der Waals surface area contributed by atoms with E-state index in [-0.39, 0.29) is 33.8 Å². The Morgan fingerprint density at radius 1 is 1.30 bits per heavy atom. The van der Waals surface area contributed by atoms with E-state index in [1.807, 2.05) is 0 Å². The molecule has 0 aliphatic heterocycles. The standard InChI is InChI=1S/C20H20N6O3S/c1-8(2)19(28)25-11-6-9(4-5-12(11)29-3)13-10(7-21)17(23)26-20-14(13)15(22)16(30-20)18(24)27/h4-6,8H,22H2,1-3H3,(H2,23,26)(H2,24,27)(H,25,28). The Hall–Kier alpha value is -3.84. The molecule has 3 rings (SSSR count). The Balaban J connectivity index is 2.34. The van der Waals surface area contributed by atoms with Gasteiger partial charge in [0.2, 0.25) is 5.91 Å². The minimum Gasteiger partial charge on any atom is -0.495 e. The Labute approximate surface area is 176 Å². The lowest BCUT2D eigenvalue weighted by molar-refractivity contribution is -0.118. The monoisotopic (exact) mass is 424 g/mol. The molecular weight excluding hydrogens is 404 g/mol. The number of rotatable bonds is 5. The molecule has 0 saturated carbocycles. The van der Waals surface area contributed by atoms with Gasteiger partial charge in [-0.15, -0.1) is 11.3 Å². The number of amides is 2. The molecule has 2 heterocycles. The number of benzene rings is 1. The smallest absolute Gasteiger partial charge is 0.260 e. The van der Waals surface area contributed by atoms with Crippen LogP contribution in [0.25, 0.3) is 21.3 Å². The number of methoxy groups -OCH3 is 1. The Kier molecular flexibility index (Phi) is 5.49. The second-order valence-corrected chi connectivity index (χ2v) is 7.81. The molecule has 0 saturated heterocycles. The minimum atomic E-state index is -0.696. The number of primary amides is 1. The summed E-state index contributed by atoms with van der Waals surface area (Å²) in [7, 11) is 1.49. The fraction of sp³-hybridized carbons (Fsp3) is 0.200. The minimum absolute atomic E-state index is 0.000791. The number of hydrogen-bond acceptors (Lipinski definition) is 8. The zero-order chi connectivity index (χ0) is 22.2. The van der Waals surface area contributed by atoms with Crippen molar-refractivity contribution in [3.63, 3.8) is 0 Å². The van der Waals surface area contributed by atoms with E-state index in [4.69, 9.17) is 21.9 Å². The highest BCUT2D eigenvalue weighted by Gasteiger charge is 2.24. The summed E-state index contributed by atoms with van der Waals surface area (Å²) in [6.07, 6.45) is 0. The number of nitrogens with one attached hydrogen (secondary N) is 1. The maximum Gasteiger partial charge on any atom is 0.260 e. The van der Waals surface area contributed by atoms with Gasteiger partial charge in [0.1, 0.15) is 32.9 Å². The average Bonchev–Trinajstić information content (AvgIpc) is 3.02. The van der Waals surface area contributed by atoms with Crippen molar-refractivity contribution >= 4 is 50.6 Å².